The molecule has 1 aliphatic carbocycles. The molecule has 0 aromatic heterocycles. The van der Waals surface area contributed by atoms with Gasteiger partial charge in [-0.05, 0) is 43.2 Å². The quantitative estimate of drug-likeness (QED) is 0.713. The van der Waals surface area contributed by atoms with Crippen LogP contribution in [0.4, 0.5) is 5.69 Å². The van der Waals surface area contributed by atoms with Gasteiger partial charge in [-0.2, -0.15) is 0 Å². The normalized spacial score (nSPS) is 23.6. The molecular weight excluding hydrogens is 276 g/mol. The molecule has 6 heteroatoms. The third-order valence-corrected chi connectivity index (χ3v) is 5.11. The van der Waals surface area contributed by atoms with Crippen LogP contribution in [-0.2, 0) is 15.8 Å². The van der Waals surface area contributed by atoms with E-state index in [4.69, 9.17) is 5.73 Å². The van der Waals surface area contributed by atoms with Gasteiger partial charge in [0.2, 0.25) is 10.0 Å². The lowest BCUT2D eigenvalue weighted by Gasteiger charge is -2.25. The molecule has 0 unspecified atom stereocenters. The van der Waals surface area contributed by atoms with Crippen molar-refractivity contribution in [3.8, 4) is 0 Å². The Morgan fingerprint density at radius 3 is 2.50 bits per heavy atom. The highest BCUT2D eigenvalue weighted by Crippen LogP contribution is 2.23. The van der Waals surface area contributed by atoms with Gasteiger partial charge in [0.1, 0.15) is 0 Å². The Labute approximate surface area is 120 Å². The number of rotatable bonds is 5. The lowest BCUT2D eigenvalue weighted by molar-refractivity contribution is 0.109. The van der Waals surface area contributed by atoms with Crippen LogP contribution in [0.25, 0.3) is 0 Å². The first-order chi connectivity index (χ1) is 9.46. The minimum absolute atomic E-state index is 0.0883. The number of para-hydroxylation sites is 1. The minimum atomic E-state index is -3.36. The number of aliphatic hydroxyl groups excluding tert-OH is 1. The van der Waals surface area contributed by atoms with Crippen LogP contribution >= 0.6 is 0 Å². The van der Waals surface area contributed by atoms with E-state index in [1.54, 1.807) is 24.3 Å². The average Bonchev–Trinajstić information content (AvgIpc) is 2.41. The molecule has 20 heavy (non-hydrogen) atoms. The van der Waals surface area contributed by atoms with Crippen molar-refractivity contribution < 1.29 is 13.5 Å². The van der Waals surface area contributed by atoms with Gasteiger partial charge in [-0.25, -0.2) is 13.1 Å². The van der Waals surface area contributed by atoms with E-state index < -0.39 is 10.0 Å². The Morgan fingerprint density at radius 2 is 1.85 bits per heavy atom. The van der Waals surface area contributed by atoms with Crippen LogP contribution in [0.1, 0.15) is 31.2 Å². The predicted molar refractivity (Wildman–Crippen MR) is 79.4 cm³/mol. The van der Waals surface area contributed by atoms with E-state index in [1.165, 1.54) is 0 Å². The van der Waals surface area contributed by atoms with Gasteiger partial charge in [0.05, 0.1) is 11.9 Å². The molecule has 1 aliphatic rings. The largest absolute Gasteiger partial charge is 0.398 e. The Balaban J connectivity index is 1.87. The van der Waals surface area contributed by atoms with Crippen molar-refractivity contribution in [1.82, 2.24) is 4.72 Å². The Bertz CT molecular complexity index is 537. The van der Waals surface area contributed by atoms with Crippen LogP contribution in [0.3, 0.4) is 0 Å². The summed E-state index contributed by atoms with van der Waals surface area (Å²) in [6.45, 7) is 0.446. The third kappa shape index (κ3) is 4.47. The number of sulfonamides is 1. The second kappa shape index (κ2) is 6.56. The van der Waals surface area contributed by atoms with Gasteiger partial charge in [0, 0.05) is 12.2 Å². The highest BCUT2D eigenvalue weighted by molar-refractivity contribution is 7.88. The summed E-state index contributed by atoms with van der Waals surface area (Å²) in [6, 6.07) is 6.99. The van der Waals surface area contributed by atoms with E-state index >= 15 is 0 Å². The first-order valence-electron chi connectivity index (χ1n) is 6.95. The standard InChI is InChI=1S/C14H22N2O3S/c15-14-4-2-1-3-12(14)10-20(18,19)16-9-11-5-7-13(17)8-6-11/h1-4,11,13,16-17H,5-10,15H2. The highest BCUT2D eigenvalue weighted by atomic mass is 32.2. The first kappa shape index (κ1) is 15.3. The molecule has 2 rings (SSSR count). The number of benzene rings is 1. The van der Waals surface area contributed by atoms with Crippen LogP contribution in [0.2, 0.25) is 0 Å². The van der Waals surface area contributed by atoms with Crippen LogP contribution in [0.5, 0.6) is 0 Å². The van der Waals surface area contributed by atoms with Crippen LogP contribution < -0.4 is 10.5 Å². The zero-order chi connectivity index (χ0) is 14.6. The van der Waals surface area contributed by atoms with Crippen molar-refractivity contribution >= 4 is 15.7 Å². The molecule has 0 amide bonds. The van der Waals surface area contributed by atoms with Gasteiger partial charge < -0.3 is 10.8 Å². The maximum absolute atomic E-state index is 12.0. The Kier molecular flexibility index (Phi) is 5.01. The van der Waals surface area contributed by atoms with Crippen molar-refractivity contribution in [3.05, 3.63) is 29.8 Å². The van der Waals surface area contributed by atoms with Gasteiger partial charge in [0.25, 0.3) is 0 Å². The van der Waals surface area contributed by atoms with Crippen molar-refractivity contribution in [2.75, 3.05) is 12.3 Å². The molecule has 0 heterocycles. The van der Waals surface area contributed by atoms with Gasteiger partial charge in [-0.15, -0.1) is 0 Å². The molecule has 4 N–H and O–H groups in total. The summed E-state index contributed by atoms with van der Waals surface area (Å²) in [6.07, 6.45) is 3.05. The molecule has 1 aromatic carbocycles. The van der Waals surface area contributed by atoms with Crippen molar-refractivity contribution in [2.24, 2.45) is 5.92 Å². The van der Waals surface area contributed by atoms with E-state index in [0.717, 1.165) is 25.7 Å². The van der Waals surface area contributed by atoms with Gasteiger partial charge in [-0.1, -0.05) is 18.2 Å². The summed E-state index contributed by atoms with van der Waals surface area (Å²) >= 11 is 0. The molecule has 1 fully saturated rings. The molecule has 0 atom stereocenters. The summed E-state index contributed by atoms with van der Waals surface area (Å²) in [5.41, 5.74) is 6.88. The fraction of sp³-hybridized carbons (Fsp3) is 0.571. The van der Waals surface area contributed by atoms with E-state index in [-0.39, 0.29) is 11.9 Å². The fourth-order valence-electron chi connectivity index (χ4n) is 2.52. The summed E-state index contributed by atoms with van der Waals surface area (Å²) < 4.78 is 26.7. The SMILES string of the molecule is Nc1ccccc1CS(=O)(=O)NCC1CCC(O)CC1. The monoisotopic (exact) mass is 298 g/mol. The maximum Gasteiger partial charge on any atom is 0.215 e. The molecule has 5 nitrogen and oxygen atoms in total. The molecule has 112 valence electrons. The molecule has 0 bridgehead atoms. The van der Waals surface area contributed by atoms with Gasteiger partial charge in [-0.3, -0.25) is 0 Å². The average molecular weight is 298 g/mol. The Hall–Kier alpha value is -1.11. The maximum atomic E-state index is 12.0. The number of hydrogen-bond donors (Lipinski definition) is 3. The van der Waals surface area contributed by atoms with E-state index in [2.05, 4.69) is 4.72 Å². The van der Waals surface area contributed by atoms with E-state index in [1.807, 2.05) is 0 Å². The van der Waals surface area contributed by atoms with E-state index in [0.29, 0.717) is 23.7 Å². The summed E-state index contributed by atoms with van der Waals surface area (Å²) in [7, 11) is -3.36. The van der Waals surface area contributed by atoms with Crippen LogP contribution in [-0.4, -0.2) is 26.2 Å². The van der Waals surface area contributed by atoms with Crippen LogP contribution in [0, 0.1) is 5.92 Å². The Morgan fingerprint density at radius 1 is 1.20 bits per heavy atom. The van der Waals surface area contributed by atoms with Crippen molar-refractivity contribution in [3.63, 3.8) is 0 Å². The zero-order valence-corrected chi connectivity index (χ0v) is 12.3. The molecule has 1 saturated carbocycles. The zero-order valence-electron chi connectivity index (χ0n) is 11.5. The smallest absolute Gasteiger partial charge is 0.215 e. The molecular formula is C14H22N2O3S. The van der Waals surface area contributed by atoms with Crippen molar-refractivity contribution in [2.45, 2.75) is 37.5 Å². The minimum Gasteiger partial charge on any atom is -0.398 e. The van der Waals surface area contributed by atoms with Gasteiger partial charge in [0.15, 0.2) is 0 Å². The summed E-state index contributed by atoms with van der Waals surface area (Å²) in [5.74, 6) is 0.232. The fourth-order valence-corrected chi connectivity index (χ4v) is 3.78. The summed E-state index contributed by atoms with van der Waals surface area (Å²) in [5, 5.41) is 9.43. The lowest BCUT2D eigenvalue weighted by atomic mass is 9.88. The van der Waals surface area contributed by atoms with Crippen LogP contribution in [0.15, 0.2) is 24.3 Å². The number of nitrogen functional groups attached to an aromatic ring is 1. The van der Waals surface area contributed by atoms with Crippen molar-refractivity contribution in [1.29, 1.82) is 0 Å². The second-order valence-corrected chi connectivity index (χ2v) is 7.29. The topological polar surface area (TPSA) is 92.4 Å². The third-order valence-electron chi connectivity index (χ3n) is 3.81. The molecule has 0 radical (unpaired) electrons. The summed E-state index contributed by atoms with van der Waals surface area (Å²) in [4.78, 5) is 0. The number of anilines is 1. The van der Waals surface area contributed by atoms with Gasteiger partial charge >= 0.3 is 0 Å². The first-order valence-corrected chi connectivity index (χ1v) is 8.60. The number of nitrogens with two attached hydrogens (primary N) is 1. The number of aliphatic hydroxyl groups is 1. The highest BCUT2D eigenvalue weighted by Gasteiger charge is 2.21. The van der Waals surface area contributed by atoms with E-state index in [9.17, 15) is 13.5 Å². The molecule has 0 saturated heterocycles. The molecule has 1 aromatic rings. The lowest BCUT2D eigenvalue weighted by Crippen LogP contribution is -2.33. The number of hydrogen-bond acceptors (Lipinski definition) is 4. The second-order valence-electron chi connectivity index (χ2n) is 5.48. The molecule has 0 aliphatic heterocycles. The predicted octanol–water partition coefficient (Wildman–Crippen LogP) is 1.24. The molecule has 0 spiro atoms. The number of nitrogens with one attached hydrogen (secondary N) is 1.